The SMILES string of the molecule is CN(C#CC(=S)Nc1ccccc1)c1ccccc1. The summed E-state index contributed by atoms with van der Waals surface area (Å²) in [4.78, 5) is 2.35. The van der Waals surface area contributed by atoms with Crippen molar-refractivity contribution in [2.24, 2.45) is 0 Å². The Kier molecular flexibility index (Phi) is 4.54. The van der Waals surface area contributed by atoms with E-state index in [1.807, 2.05) is 72.6 Å². The average molecular weight is 266 g/mol. The summed E-state index contributed by atoms with van der Waals surface area (Å²) < 4.78 is 0. The van der Waals surface area contributed by atoms with E-state index in [1.54, 1.807) is 0 Å². The van der Waals surface area contributed by atoms with Crippen LogP contribution in [0.5, 0.6) is 0 Å². The second kappa shape index (κ2) is 6.58. The molecule has 0 aliphatic carbocycles. The molecule has 0 spiro atoms. The maximum Gasteiger partial charge on any atom is 0.157 e. The fraction of sp³-hybridized carbons (Fsp3) is 0.0625. The number of nitrogens with zero attached hydrogens (tertiary/aromatic N) is 1. The van der Waals surface area contributed by atoms with Crippen LogP contribution in [0.2, 0.25) is 0 Å². The normalized spacial score (nSPS) is 9.11. The molecule has 3 heteroatoms. The van der Waals surface area contributed by atoms with E-state index in [0.29, 0.717) is 4.99 Å². The van der Waals surface area contributed by atoms with Gasteiger partial charge in [-0.25, -0.2) is 0 Å². The molecular weight excluding hydrogens is 252 g/mol. The van der Waals surface area contributed by atoms with Gasteiger partial charge in [-0.05, 0) is 30.2 Å². The number of hydrogen-bond acceptors (Lipinski definition) is 2. The van der Waals surface area contributed by atoms with Crippen LogP contribution in [0.4, 0.5) is 11.4 Å². The summed E-state index contributed by atoms with van der Waals surface area (Å²) >= 11 is 5.19. The molecule has 0 atom stereocenters. The van der Waals surface area contributed by atoms with Crippen LogP contribution in [-0.4, -0.2) is 12.0 Å². The van der Waals surface area contributed by atoms with Crippen LogP contribution in [-0.2, 0) is 0 Å². The Bertz CT molecular complexity index is 597. The molecule has 2 rings (SSSR count). The molecule has 0 aliphatic heterocycles. The lowest BCUT2D eigenvalue weighted by atomic mass is 10.3. The summed E-state index contributed by atoms with van der Waals surface area (Å²) in [6.45, 7) is 0. The molecule has 0 fully saturated rings. The number of thiocarbonyl (C=S) groups is 1. The number of anilines is 2. The predicted molar refractivity (Wildman–Crippen MR) is 85.3 cm³/mol. The highest BCUT2D eigenvalue weighted by atomic mass is 32.1. The fourth-order valence-electron chi connectivity index (χ4n) is 1.53. The molecule has 0 bridgehead atoms. The zero-order valence-corrected chi connectivity index (χ0v) is 11.4. The minimum absolute atomic E-state index is 0.508. The van der Waals surface area contributed by atoms with Gasteiger partial charge in [0.1, 0.15) is 0 Å². The van der Waals surface area contributed by atoms with Gasteiger partial charge in [0, 0.05) is 24.5 Å². The lowest BCUT2D eigenvalue weighted by Gasteiger charge is -2.10. The minimum Gasteiger partial charge on any atom is -0.339 e. The molecule has 19 heavy (non-hydrogen) atoms. The molecular formula is C16H14N2S. The number of hydrogen-bond donors (Lipinski definition) is 1. The highest BCUT2D eigenvalue weighted by Crippen LogP contribution is 2.09. The van der Waals surface area contributed by atoms with Gasteiger partial charge >= 0.3 is 0 Å². The highest BCUT2D eigenvalue weighted by molar-refractivity contribution is 7.81. The molecule has 0 aliphatic rings. The Balaban J connectivity index is 1.98. The quantitative estimate of drug-likeness (QED) is 0.508. The summed E-state index contributed by atoms with van der Waals surface area (Å²) in [7, 11) is 1.91. The maximum absolute atomic E-state index is 5.19. The van der Waals surface area contributed by atoms with E-state index in [2.05, 4.69) is 17.3 Å². The molecule has 94 valence electrons. The van der Waals surface area contributed by atoms with E-state index in [4.69, 9.17) is 12.2 Å². The summed E-state index contributed by atoms with van der Waals surface area (Å²) in [5.74, 6) is 2.93. The van der Waals surface area contributed by atoms with Crippen molar-refractivity contribution in [3.05, 3.63) is 60.7 Å². The first-order chi connectivity index (χ1) is 9.25. The third-order valence-electron chi connectivity index (χ3n) is 2.51. The highest BCUT2D eigenvalue weighted by Gasteiger charge is 1.95. The van der Waals surface area contributed by atoms with Crippen molar-refractivity contribution < 1.29 is 0 Å². The van der Waals surface area contributed by atoms with Gasteiger partial charge in [0.25, 0.3) is 0 Å². The van der Waals surface area contributed by atoms with E-state index in [0.717, 1.165) is 11.4 Å². The third-order valence-corrected chi connectivity index (χ3v) is 2.72. The Morgan fingerprint density at radius 2 is 1.58 bits per heavy atom. The summed E-state index contributed by atoms with van der Waals surface area (Å²) in [6.07, 6.45) is 0. The zero-order chi connectivity index (χ0) is 13.5. The Hall–Kier alpha value is -2.31. The van der Waals surface area contributed by atoms with Gasteiger partial charge in [-0.1, -0.05) is 48.6 Å². The third kappa shape index (κ3) is 4.13. The van der Waals surface area contributed by atoms with Gasteiger partial charge in [-0.3, -0.25) is 0 Å². The smallest absolute Gasteiger partial charge is 0.157 e. The van der Waals surface area contributed by atoms with Crippen LogP contribution in [0, 0.1) is 12.0 Å². The number of para-hydroxylation sites is 2. The van der Waals surface area contributed by atoms with Gasteiger partial charge in [0.05, 0.1) is 0 Å². The van der Waals surface area contributed by atoms with Crippen molar-refractivity contribution in [2.75, 3.05) is 17.3 Å². The van der Waals surface area contributed by atoms with Crippen molar-refractivity contribution >= 4 is 28.6 Å². The van der Waals surface area contributed by atoms with Gasteiger partial charge in [0.15, 0.2) is 4.99 Å². The monoisotopic (exact) mass is 266 g/mol. The Labute approximate surface area is 119 Å². The molecule has 0 aromatic heterocycles. The summed E-state index contributed by atoms with van der Waals surface area (Å²) in [6, 6.07) is 22.7. The minimum atomic E-state index is 0.508. The summed E-state index contributed by atoms with van der Waals surface area (Å²) in [5, 5.41) is 3.08. The molecule has 2 aromatic rings. The van der Waals surface area contributed by atoms with Crippen molar-refractivity contribution in [3.8, 4) is 12.0 Å². The lowest BCUT2D eigenvalue weighted by Crippen LogP contribution is -2.11. The van der Waals surface area contributed by atoms with E-state index in [1.165, 1.54) is 0 Å². The first-order valence-corrected chi connectivity index (χ1v) is 6.33. The molecule has 2 aromatic carbocycles. The molecule has 0 saturated carbocycles. The van der Waals surface area contributed by atoms with Gasteiger partial charge in [-0.15, -0.1) is 0 Å². The van der Waals surface area contributed by atoms with Crippen LogP contribution in [0.25, 0.3) is 0 Å². The Morgan fingerprint density at radius 1 is 1.00 bits per heavy atom. The maximum atomic E-state index is 5.19. The number of benzene rings is 2. The largest absolute Gasteiger partial charge is 0.339 e. The molecule has 0 amide bonds. The van der Waals surface area contributed by atoms with Crippen LogP contribution >= 0.6 is 12.2 Å². The molecule has 0 radical (unpaired) electrons. The first-order valence-electron chi connectivity index (χ1n) is 5.92. The standard InChI is InChI=1S/C16H14N2S/c1-18(15-10-6-3-7-11-15)13-12-16(19)17-14-8-4-2-5-9-14/h2-11H,1H3,(H,17,19). The van der Waals surface area contributed by atoms with Crippen LogP contribution in [0.1, 0.15) is 0 Å². The predicted octanol–water partition coefficient (Wildman–Crippen LogP) is 3.52. The Morgan fingerprint density at radius 3 is 2.21 bits per heavy atom. The van der Waals surface area contributed by atoms with Crippen molar-refractivity contribution in [2.45, 2.75) is 0 Å². The van der Waals surface area contributed by atoms with E-state index in [-0.39, 0.29) is 0 Å². The van der Waals surface area contributed by atoms with E-state index in [9.17, 15) is 0 Å². The molecule has 0 heterocycles. The van der Waals surface area contributed by atoms with Crippen LogP contribution in [0.3, 0.4) is 0 Å². The molecule has 0 unspecified atom stereocenters. The van der Waals surface area contributed by atoms with E-state index >= 15 is 0 Å². The first kappa shape index (κ1) is 13.1. The average Bonchev–Trinajstić information content (AvgIpc) is 2.47. The van der Waals surface area contributed by atoms with Crippen LogP contribution < -0.4 is 10.2 Å². The van der Waals surface area contributed by atoms with Crippen molar-refractivity contribution in [3.63, 3.8) is 0 Å². The van der Waals surface area contributed by atoms with Gasteiger partial charge in [0.2, 0.25) is 0 Å². The van der Waals surface area contributed by atoms with E-state index < -0.39 is 0 Å². The molecule has 0 saturated heterocycles. The van der Waals surface area contributed by atoms with Crippen molar-refractivity contribution in [1.29, 1.82) is 0 Å². The fourth-order valence-corrected chi connectivity index (χ4v) is 1.70. The molecule has 2 nitrogen and oxygen atoms in total. The second-order valence-corrected chi connectivity index (χ2v) is 4.36. The topological polar surface area (TPSA) is 15.3 Å². The molecule has 1 N–H and O–H groups in total. The van der Waals surface area contributed by atoms with Crippen molar-refractivity contribution in [1.82, 2.24) is 0 Å². The number of rotatable bonds is 2. The van der Waals surface area contributed by atoms with Gasteiger partial charge in [-0.2, -0.15) is 0 Å². The number of nitrogens with one attached hydrogen (secondary N) is 1. The summed E-state index contributed by atoms with van der Waals surface area (Å²) in [5.41, 5.74) is 1.99. The second-order valence-electron chi connectivity index (χ2n) is 3.95. The zero-order valence-electron chi connectivity index (χ0n) is 10.6. The van der Waals surface area contributed by atoms with Gasteiger partial charge < -0.3 is 10.2 Å². The lowest BCUT2D eigenvalue weighted by molar-refractivity contribution is 1.25. The van der Waals surface area contributed by atoms with Crippen LogP contribution in [0.15, 0.2) is 60.7 Å².